The van der Waals surface area contributed by atoms with E-state index in [1.165, 1.54) is 6.07 Å². The Balaban J connectivity index is 2.15. The fourth-order valence-corrected chi connectivity index (χ4v) is 2.20. The molecule has 1 N–H and O–H groups in total. The summed E-state index contributed by atoms with van der Waals surface area (Å²) in [6, 6.07) is 10.6. The quantitative estimate of drug-likeness (QED) is 0.800. The number of nitrogens with one attached hydrogen (secondary N) is 1. The monoisotopic (exact) mass is 295 g/mol. The molecule has 0 bridgehead atoms. The summed E-state index contributed by atoms with van der Waals surface area (Å²) in [5.41, 5.74) is 0.458. The van der Waals surface area contributed by atoms with Crippen molar-refractivity contribution >= 4 is 0 Å². The SMILES string of the molecule is CC(C)Cc1nc(-c2cccc(=O)[nH]2)n(-c2ccccn2)n1. The molecule has 6 nitrogen and oxygen atoms in total. The van der Waals surface area contributed by atoms with E-state index in [1.54, 1.807) is 16.9 Å². The topological polar surface area (TPSA) is 76.5 Å². The van der Waals surface area contributed by atoms with Gasteiger partial charge in [-0.15, -0.1) is 5.10 Å². The third-order valence-electron chi connectivity index (χ3n) is 3.12. The molecule has 0 aliphatic heterocycles. The van der Waals surface area contributed by atoms with Crippen LogP contribution >= 0.6 is 0 Å². The Morgan fingerprint density at radius 1 is 1.18 bits per heavy atom. The van der Waals surface area contributed by atoms with Gasteiger partial charge in [-0.1, -0.05) is 26.0 Å². The number of aromatic nitrogens is 5. The van der Waals surface area contributed by atoms with Crippen molar-refractivity contribution in [2.45, 2.75) is 20.3 Å². The number of H-pyrrole nitrogens is 1. The summed E-state index contributed by atoms with van der Waals surface area (Å²) >= 11 is 0. The molecule has 112 valence electrons. The van der Waals surface area contributed by atoms with Crippen LogP contribution in [0.3, 0.4) is 0 Å². The minimum Gasteiger partial charge on any atom is -0.319 e. The summed E-state index contributed by atoms with van der Waals surface area (Å²) in [6.45, 7) is 4.23. The molecule has 0 aliphatic rings. The zero-order valence-electron chi connectivity index (χ0n) is 12.5. The van der Waals surface area contributed by atoms with Gasteiger partial charge in [0.05, 0.1) is 5.69 Å². The summed E-state index contributed by atoms with van der Waals surface area (Å²) in [7, 11) is 0. The summed E-state index contributed by atoms with van der Waals surface area (Å²) in [4.78, 5) is 23.3. The molecule has 22 heavy (non-hydrogen) atoms. The first-order valence-electron chi connectivity index (χ1n) is 7.20. The maximum absolute atomic E-state index is 11.6. The van der Waals surface area contributed by atoms with Gasteiger partial charge in [-0.25, -0.2) is 9.97 Å². The van der Waals surface area contributed by atoms with E-state index in [2.05, 4.69) is 33.9 Å². The van der Waals surface area contributed by atoms with E-state index in [0.29, 0.717) is 23.3 Å². The standard InChI is InChI=1S/C16H17N5O/c1-11(2)10-13-19-16(12-6-5-8-15(22)18-12)21(20-13)14-7-3-4-9-17-14/h3-9,11H,10H2,1-2H3,(H,18,22). The predicted octanol–water partition coefficient (Wildman–Crippen LogP) is 2.22. The van der Waals surface area contributed by atoms with Crippen LogP contribution in [0.2, 0.25) is 0 Å². The molecule has 3 heterocycles. The van der Waals surface area contributed by atoms with Gasteiger partial charge < -0.3 is 4.98 Å². The van der Waals surface area contributed by atoms with Crippen LogP contribution in [0, 0.1) is 5.92 Å². The van der Waals surface area contributed by atoms with Gasteiger partial charge in [0.1, 0.15) is 0 Å². The Labute approximate surface area is 127 Å². The van der Waals surface area contributed by atoms with E-state index in [0.717, 1.165) is 12.2 Å². The Hall–Kier alpha value is -2.76. The molecule has 0 spiro atoms. The molecule has 0 fully saturated rings. The Morgan fingerprint density at radius 2 is 2.05 bits per heavy atom. The molecule has 0 unspecified atom stereocenters. The van der Waals surface area contributed by atoms with Crippen molar-refractivity contribution in [3.63, 3.8) is 0 Å². The van der Waals surface area contributed by atoms with E-state index < -0.39 is 0 Å². The van der Waals surface area contributed by atoms with Crippen molar-refractivity contribution in [2.24, 2.45) is 5.92 Å². The fourth-order valence-electron chi connectivity index (χ4n) is 2.20. The van der Waals surface area contributed by atoms with Gasteiger partial charge in [0.25, 0.3) is 0 Å². The fraction of sp³-hybridized carbons (Fsp3) is 0.250. The summed E-state index contributed by atoms with van der Waals surface area (Å²) in [6.07, 6.45) is 2.47. The largest absolute Gasteiger partial charge is 0.319 e. The highest BCUT2D eigenvalue weighted by atomic mass is 16.1. The Kier molecular flexibility index (Phi) is 3.82. The lowest BCUT2D eigenvalue weighted by molar-refractivity contribution is 0.618. The van der Waals surface area contributed by atoms with Crippen LogP contribution in [-0.2, 0) is 6.42 Å². The van der Waals surface area contributed by atoms with Gasteiger partial charge >= 0.3 is 0 Å². The first-order valence-corrected chi connectivity index (χ1v) is 7.20. The lowest BCUT2D eigenvalue weighted by atomic mass is 10.1. The van der Waals surface area contributed by atoms with E-state index in [9.17, 15) is 4.79 Å². The lowest BCUT2D eigenvalue weighted by Crippen LogP contribution is -2.08. The Bertz CT molecular complexity index is 820. The number of rotatable bonds is 4. The molecule has 3 aromatic rings. The third-order valence-corrected chi connectivity index (χ3v) is 3.12. The van der Waals surface area contributed by atoms with E-state index >= 15 is 0 Å². The number of hydrogen-bond donors (Lipinski definition) is 1. The molecular formula is C16H17N5O. The zero-order chi connectivity index (χ0) is 15.5. The number of hydrogen-bond acceptors (Lipinski definition) is 4. The van der Waals surface area contributed by atoms with Gasteiger partial charge in [0.2, 0.25) is 5.56 Å². The van der Waals surface area contributed by atoms with Crippen LogP contribution in [-0.4, -0.2) is 24.7 Å². The molecule has 3 aromatic heterocycles. The molecule has 0 amide bonds. The summed E-state index contributed by atoms with van der Waals surface area (Å²) in [5, 5.41) is 4.55. The van der Waals surface area contributed by atoms with Gasteiger partial charge in [-0.3, -0.25) is 4.79 Å². The first-order chi connectivity index (χ1) is 10.6. The maximum atomic E-state index is 11.6. The highest BCUT2D eigenvalue weighted by Gasteiger charge is 2.15. The van der Waals surface area contributed by atoms with E-state index in [4.69, 9.17) is 0 Å². The van der Waals surface area contributed by atoms with Gasteiger partial charge in [-0.05, 0) is 24.1 Å². The summed E-state index contributed by atoms with van der Waals surface area (Å²) < 4.78 is 1.67. The van der Waals surface area contributed by atoms with Crippen molar-refractivity contribution in [2.75, 3.05) is 0 Å². The highest BCUT2D eigenvalue weighted by molar-refractivity contribution is 5.51. The third kappa shape index (κ3) is 2.95. The molecule has 0 saturated carbocycles. The van der Waals surface area contributed by atoms with Crippen molar-refractivity contribution < 1.29 is 0 Å². The van der Waals surface area contributed by atoms with Gasteiger partial charge in [-0.2, -0.15) is 4.68 Å². The number of nitrogens with zero attached hydrogens (tertiary/aromatic N) is 4. The first kappa shape index (κ1) is 14.2. The average molecular weight is 295 g/mol. The minimum atomic E-state index is -0.168. The molecule has 6 heteroatoms. The van der Waals surface area contributed by atoms with Crippen molar-refractivity contribution in [1.82, 2.24) is 24.7 Å². The van der Waals surface area contributed by atoms with Crippen LogP contribution < -0.4 is 5.56 Å². The molecule has 0 aliphatic carbocycles. The molecule has 0 saturated heterocycles. The molecule has 0 radical (unpaired) electrons. The highest BCUT2D eigenvalue weighted by Crippen LogP contribution is 2.18. The lowest BCUT2D eigenvalue weighted by Gasteiger charge is -2.04. The minimum absolute atomic E-state index is 0.168. The molecule has 0 atom stereocenters. The summed E-state index contributed by atoms with van der Waals surface area (Å²) in [5.74, 6) is 2.44. The van der Waals surface area contributed by atoms with Gasteiger partial charge in [0.15, 0.2) is 17.5 Å². The Morgan fingerprint density at radius 3 is 2.73 bits per heavy atom. The van der Waals surface area contributed by atoms with E-state index in [-0.39, 0.29) is 5.56 Å². The van der Waals surface area contributed by atoms with Crippen LogP contribution in [0.1, 0.15) is 19.7 Å². The van der Waals surface area contributed by atoms with Crippen LogP contribution in [0.5, 0.6) is 0 Å². The van der Waals surface area contributed by atoms with Crippen molar-refractivity contribution in [3.8, 4) is 17.3 Å². The number of aromatic amines is 1. The van der Waals surface area contributed by atoms with Crippen molar-refractivity contribution in [1.29, 1.82) is 0 Å². The van der Waals surface area contributed by atoms with Crippen LogP contribution in [0.4, 0.5) is 0 Å². The zero-order valence-corrected chi connectivity index (χ0v) is 12.5. The smallest absolute Gasteiger partial charge is 0.248 e. The van der Waals surface area contributed by atoms with Crippen LogP contribution in [0.15, 0.2) is 47.4 Å². The normalized spacial score (nSPS) is 11.0. The maximum Gasteiger partial charge on any atom is 0.248 e. The number of pyridine rings is 2. The van der Waals surface area contributed by atoms with E-state index in [1.807, 2.05) is 24.3 Å². The van der Waals surface area contributed by atoms with Crippen LogP contribution in [0.25, 0.3) is 17.3 Å². The average Bonchev–Trinajstić information content (AvgIpc) is 2.91. The second kappa shape index (κ2) is 5.93. The molecule has 3 rings (SSSR count). The van der Waals surface area contributed by atoms with Crippen molar-refractivity contribution in [3.05, 3.63) is 58.8 Å². The predicted molar refractivity (Wildman–Crippen MR) is 83.8 cm³/mol. The second-order valence-corrected chi connectivity index (χ2v) is 5.48. The molecule has 0 aromatic carbocycles. The second-order valence-electron chi connectivity index (χ2n) is 5.48. The van der Waals surface area contributed by atoms with Gasteiger partial charge in [0, 0.05) is 18.7 Å². The molecular weight excluding hydrogens is 278 g/mol.